The lowest BCUT2D eigenvalue weighted by Crippen LogP contribution is -2.24. The van der Waals surface area contributed by atoms with E-state index in [9.17, 15) is 19.7 Å². The van der Waals surface area contributed by atoms with Crippen LogP contribution in [-0.4, -0.2) is 33.4 Å². The van der Waals surface area contributed by atoms with Gasteiger partial charge in [0.05, 0.1) is 16.6 Å². The van der Waals surface area contributed by atoms with Gasteiger partial charge in [0.25, 0.3) is 11.6 Å². The van der Waals surface area contributed by atoms with E-state index in [0.717, 1.165) is 36.7 Å². The number of anilines is 1. The third-order valence-corrected chi connectivity index (χ3v) is 4.59. The highest BCUT2D eigenvalue weighted by atomic mass is 32.2. The van der Waals surface area contributed by atoms with Crippen molar-refractivity contribution < 1.29 is 14.5 Å². The van der Waals surface area contributed by atoms with Gasteiger partial charge in [-0.2, -0.15) is 4.99 Å². The zero-order valence-electron chi connectivity index (χ0n) is 12.6. The monoisotopic (exact) mass is 346 g/mol. The normalized spacial score (nSPS) is 19.3. The molecule has 24 heavy (non-hydrogen) atoms. The van der Waals surface area contributed by atoms with Gasteiger partial charge in [0, 0.05) is 23.5 Å². The fourth-order valence-electron chi connectivity index (χ4n) is 2.64. The minimum Gasteiger partial charge on any atom is -0.325 e. The SMILES string of the molecule is O=C(CSC1=NC(=O)C2CCCC2=N1)Nc1cccc([N+](=O)[O-])c1. The number of amidine groups is 1. The van der Waals surface area contributed by atoms with Gasteiger partial charge in [0.15, 0.2) is 5.17 Å². The number of nitro benzene ring substituents is 1. The second kappa shape index (κ2) is 6.91. The number of hydrogen-bond acceptors (Lipinski definition) is 6. The molecule has 8 nitrogen and oxygen atoms in total. The number of carbonyl (C=O) groups excluding carboxylic acids is 2. The summed E-state index contributed by atoms with van der Waals surface area (Å²) in [6.45, 7) is 0. The van der Waals surface area contributed by atoms with Crippen LogP contribution in [-0.2, 0) is 9.59 Å². The van der Waals surface area contributed by atoms with Crippen LogP contribution in [0.4, 0.5) is 11.4 Å². The van der Waals surface area contributed by atoms with Crippen LogP contribution in [0.2, 0.25) is 0 Å². The molecule has 9 heteroatoms. The summed E-state index contributed by atoms with van der Waals surface area (Å²) in [5.41, 5.74) is 1.11. The van der Waals surface area contributed by atoms with Gasteiger partial charge in [-0.25, -0.2) is 4.99 Å². The first-order valence-electron chi connectivity index (χ1n) is 7.40. The van der Waals surface area contributed by atoms with Gasteiger partial charge >= 0.3 is 0 Å². The molecule has 1 heterocycles. The molecule has 124 valence electrons. The number of hydrogen-bond donors (Lipinski definition) is 1. The maximum absolute atomic E-state index is 12.0. The number of nitro groups is 1. The zero-order chi connectivity index (χ0) is 17.1. The molecule has 1 saturated carbocycles. The summed E-state index contributed by atoms with van der Waals surface area (Å²) >= 11 is 1.08. The molecule has 1 unspecified atom stereocenters. The maximum Gasteiger partial charge on any atom is 0.271 e. The van der Waals surface area contributed by atoms with E-state index < -0.39 is 4.92 Å². The van der Waals surface area contributed by atoms with Gasteiger partial charge in [-0.3, -0.25) is 19.7 Å². The molecule has 1 fully saturated rings. The lowest BCUT2D eigenvalue weighted by Gasteiger charge is -2.13. The maximum atomic E-state index is 12.0. The molecule has 0 radical (unpaired) electrons. The number of aliphatic imine (C=N–C) groups is 2. The average Bonchev–Trinajstić information content (AvgIpc) is 3.02. The summed E-state index contributed by atoms with van der Waals surface area (Å²) in [6, 6.07) is 5.70. The van der Waals surface area contributed by atoms with Crippen LogP contribution in [0.5, 0.6) is 0 Å². The molecular weight excluding hydrogens is 332 g/mol. The highest BCUT2D eigenvalue weighted by molar-refractivity contribution is 8.14. The topological polar surface area (TPSA) is 114 Å². The van der Waals surface area contributed by atoms with E-state index in [1.165, 1.54) is 18.2 Å². The Balaban J connectivity index is 1.57. The van der Waals surface area contributed by atoms with Crippen LogP contribution >= 0.6 is 11.8 Å². The molecule has 1 aromatic rings. The molecule has 1 atom stereocenters. The van der Waals surface area contributed by atoms with E-state index >= 15 is 0 Å². The van der Waals surface area contributed by atoms with E-state index in [1.807, 2.05) is 0 Å². The van der Waals surface area contributed by atoms with Crippen LogP contribution in [0.15, 0.2) is 34.3 Å². The Labute approximate surface area is 141 Å². The van der Waals surface area contributed by atoms with Crippen molar-refractivity contribution in [1.82, 2.24) is 0 Å². The van der Waals surface area contributed by atoms with Crippen molar-refractivity contribution in [2.45, 2.75) is 19.3 Å². The first kappa shape index (κ1) is 16.3. The molecule has 3 rings (SSSR count). The minimum atomic E-state index is -0.527. The first-order valence-corrected chi connectivity index (χ1v) is 8.38. The number of carbonyl (C=O) groups is 2. The quantitative estimate of drug-likeness (QED) is 0.664. The Kier molecular flexibility index (Phi) is 4.70. The molecule has 1 aliphatic carbocycles. The third kappa shape index (κ3) is 3.67. The zero-order valence-corrected chi connectivity index (χ0v) is 13.4. The molecule has 0 saturated heterocycles. The molecule has 2 amide bonds. The van der Waals surface area contributed by atoms with E-state index in [2.05, 4.69) is 15.3 Å². The number of fused-ring (bicyclic) bond motifs is 1. The van der Waals surface area contributed by atoms with Crippen molar-refractivity contribution >= 4 is 45.8 Å². The number of amides is 2. The second-order valence-electron chi connectivity index (χ2n) is 5.42. The van der Waals surface area contributed by atoms with E-state index in [-0.39, 0.29) is 29.2 Å². The molecule has 0 bridgehead atoms. The average molecular weight is 346 g/mol. The van der Waals surface area contributed by atoms with Crippen LogP contribution in [0.3, 0.4) is 0 Å². The molecule has 2 aliphatic rings. The Hall–Kier alpha value is -2.55. The van der Waals surface area contributed by atoms with Crippen LogP contribution in [0.1, 0.15) is 19.3 Å². The third-order valence-electron chi connectivity index (χ3n) is 3.74. The lowest BCUT2D eigenvalue weighted by atomic mass is 10.1. The Morgan fingerprint density at radius 2 is 2.25 bits per heavy atom. The molecule has 0 spiro atoms. The van der Waals surface area contributed by atoms with Gasteiger partial charge in [0.1, 0.15) is 0 Å². The van der Waals surface area contributed by atoms with Crippen LogP contribution in [0.25, 0.3) is 0 Å². The van der Waals surface area contributed by atoms with E-state index in [0.29, 0.717) is 10.9 Å². The fourth-order valence-corrected chi connectivity index (χ4v) is 3.31. The van der Waals surface area contributed by atoms with E-state index in [4.69, 9.17) is 0 Å². The number of benzene rings is 1. The summed E-state index contributed by atoms with van der Waals surface area (Å²) in [7, 11) is 0. The molecular formula is C15H14N4O4S. The summed E-state index contributed by atoms with van der Waals surface area (Å²) in [4.78, 5) is 42.3. The van der Waals surface area contributed by atoms with Gasteiger partial charge < -0.3 is 5.32 Å². The fraction of sp³-hybridized carbons (Fsp3) is 0.333. The number of thioether (sulfide) groups is 1. The second-order valence-corrected chi connectivity index (χ2v) is 6.37. The molecule has 1 aromatic carbocycles. The predicted octanol–water partition coefficient (Wildman–Crippen LogP) is 2.40. The molecule has 0 aromatic heterocycles. The predicted molar refractivity (Wildman–Crippen MR) is 91.4 cm³/mol. The van der Waals surface area contributed by atoms with Crippen molar-refractivity contribution in [2.75, 3.05) is 11.1 Å². The van der Waals surface area contributed by atoms with Gasteiger partial charge in [-0.15, -0.1) is 0 Å². The summed E-state index contributed by atoms with van der Waals surface area (Å²) in [6.07, 6.45) is 2.54. The van der Waals surface area contributed by atoms with Crippen molar-refractivity contribution in [3.05, 3.63) is 34.4 Å². The Morgan fingerprint density at radius 3 is 3.04 bits per heavy atom. The number of non-ortho nitro benzene ring substituents is 1. The van der Waals surface area contributed by atoms with Gasteiger partial charge in [0.2, 0.25) is 5.91 Å². The standard InChI is InChI=1S/C15H14N4O4S/c20-13(16-9-3-1-4-10(7-9)19(22)23)8-24-15-17-12-6-2-5-11(12)14(21)18-15/h1,3-4,7,11H,2,5-6,8H2,(H,16,20). The largest absolute Gasteiger partial charge is 0.325 e. The van der Waals surface area contributed by atoms with Crippen LogP contribution < -0.4 is 5.32 Å². The van der Waals surface area contributed by atoms with Gasteiger partial charge in [-0.05, 0) is 25.3 Å². The lowest BCUT2D eigenvalue weighted by molar-refractivity contribution is -0.384. The van der Waals surface area contributed by atoms with Crippen molar-refractivity contribution in [3.8, 4) is 0 Å². The first-order chi connectivity index (χ1) is 11.5. The van der Waals surface area contributed by atoms with Gasteiger partial charge in [-0.1, -0.05) is 17.8 Å². The molecule has 1 N–H and O–H groups in total. The highest BCUT2D eigenvalue weighted by Gasteiger charge is 2.32. The Morgan fingerprint density at radius 1 is 1.42 bits per heavy atom. The Bertz CT molecular complexity index is 774. The number of nitrogens with zero attached hydrogens (tertiary/aromatic N) is 3. The minimum absolute atomic E-state index is 0.0241. The van der Waals surface area contributed by atoms with Crippen molar-refractivity contribution in [1.29, 1.82) is 0 Å². The van der Waals surface area contributed by atoms with Crippen molar-refractivity contribution in [3.63, 3.8) is 0 Å². The number of rotatable bonds is 4. The van der Waals surface area contributed by atoms with E-state index in [1.54, 1.807) is 6.07 Å². The summed E-state index contributed by atoms with van der Waals surface area (Å²) in [5.74, 6) is -0.674. The smallest absolute Gasteiger partial charge is 0.271 e. The molecule has 1 aliphatic heterocycles. The van der Waals surface area contributed by atoms with Crippen LogP contribution in [0, 0.1) is 16.0 Å². The number of nitrogens with one attached hydrogen (secondary N) is 1. The summed E-state index contributed by atoms with van der Waals surface area (Å²) in [5, 5.41) is 13.6. The van der Waals surface area contributed by atoms with Crippen molar-refractivity contribution in [2.24, 2.45) is 15.9 Å². The highest BCUT2D eigenvalue weighted by Crippen LogP contribution is 2.28. The summed E-state index contributed by atoms with van der Waals surface area (Å²) < 4.78 is 0.